The first-order valence-corrected chi connectivity index (χ1v) is 8.73. The molecule has 0 atom stereocenters. The van der Waals surface area contributed by atoms with Gasteiger partial charge in [0.2, 0.25) is 0 Å². The fourth-order valence-corrected chi connectivity index (χ4v) is 2.41. The maximum atomic E-state index is 12.1. The van der Waals surface area contributed by atoms with E-state index in [4.69, 9.17) is 25.8 Å². The molecule has 26 heavy (non-hydrogen) atoms. The number of carbonyl (C=O) groups excluding carboxylic acids is 3. The van der Waals surface area contributed by atoms with Crippen LogP contribution >= 0.6 is 11.6 Å². The standard InChI is InChI=1S/C17H21ClN2O6/c1-2-3-5-19-17(23)20-14(21)10-26-16(22)11-8-12(18)15-13(9-11)24-6-4-7-25-15/h8-9H,2-7,10H2,1H3,(H2,19,20,21,23). The minimum atomic E-state index is -0.760. The Kier molecular flexibility index (Phi) is 7.53. The van der Waals surface area contributed by atoms with Gasteiger partial charge in [-0.15, -0.1) is 0 Å². The fourth-order valence-electron chi connectivity index (χ4n) is 2.15. The molecular weight excluding hydrogens is 364 g/mol. The van der Waals surface area contributed by atoms with Crippen LogP contribution in [0.3, 0.4) is 0 Å². The highest BCUT2D eigenvalue weighted by molar-refractivity contribution is 6.32. The van der Waals surface area contributed by atoms with E-state index in [1.165, 1.54) is 12.1 Å². The molecule has 0 aliphatic carbocycles. The maximum Gasteiger partial charge on any atom is 0.338 e. The second-order valence-electron chi connectivity index (χ2n) is 5.57. The van der Waals surface area contributed by atoms with Crippen LogP contribution in [0.5, 0.6) is 11.5 Å². The van der Waals surface area contributed by atoms with Crippen molar-refractivity contribution in [3.63, 3.8) is 0 Å². The van der Waals surface area contributed by atoms with E-state index in [9.17, 15) is 14.4 Å². The van der Waals surface area contributed by atoms with Crippen LogP contribution in [0.2, 0.25) is 5.02 Å². The summed E-state index contributed by atoms with van der Waals surface area (Å²) in [5, 5.41) is 4.82. The molecule has 1 aliphatic rings. The molecule has 1 aromatic rings. The minimum absolute atomic E-state index is 0.124. The number of benzene rings is 1. The van der Waals surface area contributed by atoms with Gasteiger partial charge in [-0.1, -0.05) is 24.9 Å². The molecule has 0 saturated heterocycles. The molecule has 2 rings (SSSR count). The summed E-state index contributed by atoms with van der Waals surface area (Å²) in [6.07, 6.45) is 2.43. The van der Waals surface area contributed by atoms with Gasteiger partial charge in [-0.05, 0) is 18.6 Å². The molecule has 0 saturated carbocycles. The second kappa shape index (κ2) is 9.86. The van der Waals surface area contributed by atoms with Gasteiger partial charge in [0.05, 0.1) is 23.8 Å². The molecule has 2 N–H and O–H groups in total. The number of unbranched alkanes of at least 4 members (excludes halogenated alkanes) is 1. The first kappa shape index (κ1) is 19.8. The molecule has 1 aromatic carbocycles. The van der Waals surface area contributed by atoms with Gasteiger partial charge < -0.3 is 19.5 Å². The quantitative estimate of drug-likeness (QED) is 0.576. The highest BCUT2D eigenvalue weighted by Crippen LogP contribution is 2.38. The zero-order valence-corrected chi connectivity index (χ0v) is 15.2. The summed E-state index contributed by atoms with van der Waals surface area (Å²) in [5.41, 5.74) is 0.124. The number of halogens is 1. The van der Waals surface area contributed by atoms with E-state index in [0.29, 0.717) is 37.7 Å². The lowest BCUT2D eigenvalue weighted by Gasteiger charge is -2.11. The third-order valence-corrected chi connectivity index (χ3v) is 3.72. The van der Waals surface area contributed by atoms with Gasteiger partial charge >= 0.3 is 12.0 Å². The Morgan fingerprint density at radius 2 is 2.00 bits per heavy atom. The van der Waals surface area contributed by atoms with E-state index in [0.717, 1.165) is 12.8 Å². The molecule has 1 aliphatic heterocycles. The molecule has 0 unspecified atom stereocenters. The van der Waals surface area contributed by atoms with E-state index >= 15 is 0 Å². The fraction of sp³-hybridized carbons (Fsp3) is 0.471. The number of amides is 3. The smallest absolute Gasteiger partial charge is 0.338 e. The summed E-state index contributed by atoms with van der Waals surface area (Å²) in [4.78, 5) is 35.2. The van der Waals surface area contributed by atoms with Crippen molar-refractivity contribution >= 4 is 29.5 Å². The SMILES string of the molecule is CCCCNC(=O)NC(=O)COC(=O)c1cc(Cl)c2c(c1)OCCCO2. The lowest BCUT2D eigenvalue weighted by molar-refractivity contribution is -0.123. The van der Waals surface area contributed by atoms with Crippen LogP contribution in [0.4, 0.5) is 4.79 Å². The molecule has 0 bridgehead atoms. The Labute approximate surface area is 156 Å². The molecule has 0 aromatic heterocycles. The lowest BCUT2D eigenvalue weighted by Crippen LogP contribution is -2.41. The number of ether oxygens (including phenoxy) is 3. The average molecular weight is 385 g/mol. The van der Waals surface area contributed by atoms with Crippen LogP contribution in [0, 0.1) is 0 Å². The normalized spacial score (nSPS) is 12.7. The summed E-state index contributed by atoms with van der Waals surface area (Å²) in [6.45, 7) is 2.77. The predicted molar refractivity (Wildman–Crippen MR) is 93.8 cm³/mol. The van der Waals surface area contributed by atoms with E-state index in [1.807, 2.05) is 6.92 Å². The van der Waals surface area contributed by atoms with Crippen molar-refractivity contribution in [2.75, 3.05) is 26.4 Å². The monoisotopic (exact) mass is 384 g/mol. The number of esters is 1. The van der Waals surface area contributed by atoms with Crippen molar-refractivity contribution in [3.05, 3.63) is 22.7 Å². The Hall–Kier alpha value is -2.48. The average Bonchev–Trinajstić information content (AvgIpc) is 2.85. The number of rotatable bonds is 6. The van der Waals surface area contributed by atoms with Crippen LogP contribution in [0.1, 0.15) is 36.5 Å². The van der Waals surface area contributed by atoms with Crippen LogP contribution in [-0.2, 0) is 9.53 Å². The van der Waals surface area contributed by atoms with Crippen LogP contribution in [0.25, 0.3) is 0 Å². The van der Waals surface area contributed by atoms with E-state index in [2.05, 4.69) is 10.6 Å². The summed E-state index contributed by atoms with van der Waals surface area (Å²) in [7, 11) is 0. The third-order valence-electron chi connectivity index (χ3n) is 3.44. The van der Waals surface area contributed by atoms with Crippen molar-refractivity contribution in [2.45, 2.75) is 26.2 Å². The number of urea groups is 1. The van der Waals surface area contributed by atoms with Gasteiger partial charge in [0.1, 0.15) is 0 Å². The topological polar surface area (TPSA) is 103 Å². The maximum absolute atomic E-state index is 12.1. The van der Waals surface area contributed by atoms with Gasteiger partial charge in [-0.2, -0.15) is 0 Å². The van der Waals surface area contributed by atoms with Crippen LogP contribution < -0.4 is 20.1 Å². The Balaban J connectivity index is 1.88. The van der Waals surface area contributed by atoms with Gasteiger partial charge in [0.15, 0.2) is 18.1 Å². The highest BCUT2D eigenvalue weighted by Gasteiger charge is 2.20. The summed E-state index contributed by atoms with van der Waals surface area (Å²) >= 11 is 6.11. The number of nitrogens with one attached hydrogen (secondary N) is 2. The first-order chi connectivity index (χ1) is 12.5. The number of hydrogen-bond acceptors (Lipinski definition) is 6. The van der Waals surface area contributed by atoms with E-state index in [-0.39, 0.29) is 10.6 Å². The van der Waals surface area contributed by atoms with E-state index < -0.39 is 24.5 Å². The second-order valence-corrected chi connectivity index (χ2v) is 5.98. The van der Waals surface area contributed by atoms with Crippen LogP contribution in [0.15, 0.2) is 12.1 Å². The number of carbonyl (C=O) groups is 3. The van der Waals surface area contributed by atoms with Gasteiger partial charge in [-0.3, -0.25) is 10.1 Å². The molecule has 0 radical (unpaired) electrons. The molecule has 1 heterocycles. The summed E-state index contributed by atoms with van der Waals surface area (Å²) in [5.74, 6) is -0.763. The zero-order chi connectivity index (χ0) is 18.9. The molecule has 3 amide bonds. The predicted octanol–water partition coefficient (Wildman–Crippen LogP) is 2.28. The van der Waals surface area contributed by atoms with Crippen LogP contribution in [-0.4, -0.2) is 44.3 Å². The summed E-state index contributed by atoms with van der Waals surface area (Å²) < 4.78 is 15.9. The molecule has 8 nitrogen and oxygen atoms in total. The first-order valence-electron chi connectivity index (χ1n) is 8.35. The number of fused-ring (bicyclic) bond motifs is 1. The molecule has 0 fully saturated rings. The third kappa shape index (κ3) is 5.80. The Bertz CT molecular complexity index is 679. The summed E-state index contributed by atoms with van der Waals surface area (Å²) in [6, 6.07) is 2.20. The molecule has 9 heteroatoms. The van der Waals surface area contributed by atoms with Gasteiger partial charge in [-0.25, -0.2) is 9.59 Å². The highest BCUT2D eigenvalue weighted by atomic mass is 35.5. The minimum Gasteiger partial charge on any atom is -0.489 e. The molecule has 0 spiro atoms. The molecule has 142 valence electrons. The zero-order valence-electron chi connectivity index (χ0n) is 14.4. The van der Waals surface area contributed by atoms with Gasteiger partial charge in [0, 0.05) is 13.0 Å². The van der Waals surface area contributed by atoms with Gasteiger partial charge in [0.25, 0.3) is 5.91 Å². The Morgan fingerprint density at radius 3 is 2.77 bits per heavy atom. The Morgan fingerprint density at radius 1 is 1.23 bits per heavy atom. The van der Waals surface area contributed by atoms with Crippen molar-refractivity contribution in [1.29, 1.82) is 0 Å². The molecular formula is C17H21ClN2O6. The van der Waals surface area contributed by atoms with Crippen molar-refractivity contribution < 1.29 is 28.6 Å². The van der Waals surface area contributed by atoms with E-state index in [1.54, 1.807) is 0 Å². The largest absolute Gasteiger partial charge is 0.489 e. The van der Waals surface area contributed by atoms with Crippen molar-refractivity contribution in [3.8, 4) is 11.5 Å². The number of hydrogen-bond donors (Lipinski definition) is 2. The lowest BCUT2D eigenvalue weighted by atomic mass is 10.2. The number of imide groups is 1. The van der Waals surface area contributed by atoms with Crippen molar-refractivity contribution in [1.82, 2.24) is 10.6 Å². The van der Waals surface area contributed by atoms with Crippen molar-refractivity contribution in [2.24, 2.45) is 0 Å².